The largest absolute Gasteiger partial charge is 0.493 e. The molecule has 0 saturated carbocycles. The number of methoxy groups -OCH3 is 2. The van der Waals surface area contributed by atoms with Crippen molar-refractivity contribution in [2.24, 2.45) is 0 Å². The summed E-state index contributed by atoms with van der Waals surface area (Å²) >= 11 is 0. The van der Waals surface area contributed by atoms with Gasteiger partial charge in [-0.25, -0.2) is 4.98 Å². The second kappa shape index (κ2) is 8.67. The van der Waals surface area contributed by atoms with Crippen molar-refractivity contribution in [1.29, 1.82) is 0 Å². The Bertz CT molecular complexity index is 1150. The molecule has 1 aromatic carbocycles. The quantitative estimate of drug-likeness (QED) is 0.629. The van der Waals surface area contributed by atoms with Crippen molar-refractivity contribution in [2.75, 3.05) is 45.3 Å². The van der Waals surface area contributed by atoms with Crippen LogP contribution in [0, 0.1) is 0 Å². The van der Waals surface area contributed by atoms with Gasteiger partial charge < -0.3 is 23.8 Å². The maximum Gasteiger partial charge on any atom is 0.258 e. The van der Waals surface area contributed by atoms with Crippen molar-refractivity contribution < 1.29 is 14.3 Å². The van der Waals surface area contributed by atoms with Gasteiger partial charge in [0.15, 0.2) is 11.5 Å². The number of amides is 1. The van der Waals surface area contributed by atoms with Crippen LogP contribution in [-0.2, 0) is 6.54 Å². The minimum absolute atomic E-state index is 0.0971. The van der Waals surface area contributed by atoms with Crippen molar-refractivity contribution >= 4 is 22.5 Å². The van der Waals surface area contributed by atoms with Gasteiger partial charge >= 0.3 is 0 Å². The standard InChI is InChI=1S/C23H26N4O4/c1-4-25-15-18(16-13-19(30-2)20(31-3)14-17(16)22(25)28)23(29)27-11-9-26(10-12-27)21-7-5-6-8-24-21/h5-8,13-15H,4,9-12H2,1-3H3. The first kappa shape index (κ1) is 20.7. The fourth-order valence-corrected chi connectivity index (χ4v) is 3.97. The lowest BCUT2D eigenvalue weighted by Crippen LogP contribution is -2.49. The Morgan fingerprint density at radius 1 is 1.03 bits per heavy atom. The van der Waals surface area contributed by atoms with Crippen LogP contribution in [0.5, 0.6) is 11.5 Å². The van der Waals surface area contributed by atoms with E-state index in [0.717, 1.165) is 5.82 Å². The van der Waals surface area contributed by atoms with E-state index in [0.29, 0.717) is 60.6 Å². The number of fused-ring (bicyclic) bond motifs is 1. The molecule has 0 radical (unpaired) electrons. The second-order valence-electron chi connectivity index (χ2n) is 7.35. The topological polar surface area (TPSA) is 76.9 Å². The molecule has 0 aliphatic carbocycles. The summed E-state index contributed by atoms with van der Waals surface area (Å²) in [5.41, 5.74) is 0.332. The molecule has 2 aromatic heterocycles. The molecule has 1 saturated heterocycles. The highest BCUT2D eigenvalue weighted by atomic mass is 16.5. The van der Waals surface area contributed by atoms with Gasteiger partial charge in [-0.1, -0.05) is 6.07 Å². The summed E-state index contributed by atoms with van der Waals surface area (Å²) in [6.45, 7) is 4.91. The van der Waals surface area contributed by atoms with E-state index in [-0.39, 0.29) is 11.5 Å². The monoisotopic (exact) mass is 422 g/mol. The fraction of sp³-hybridized carbons (Fsp3) is 0.348. The first-order valence-corrected chi connectivity index (χ1v) is 10.3. The molecule has 1 aliphatic rings. The van der Waals surface area contributed by atoms with E-state index in [4.69, 9.17) is 9.47 Å². The summed E-state index contributed by atoms with van der Waals surface area (Å²) in [7, 11) is 3.06. The van der Waals surface area contributed by atoms with Crippen molar-refractivity contribution in [3.05, 3.63) is 58.6 Å². The Labute approximate surface area is 180 Å². The number of carbonyl (C=O) groups is 1. The van der Waals surface area contributed by atoms with Crippen LogP contribution < -0.4 is 19.9 Å². The number of aryl methyl sites for hydroxylation is 1. The van der Waals surface area contributed by atoms with E-state index < -0.39 is 0 Å². The molecule has 162 valence electrons. The summed E-state index contributed by atoms with van der Waals surface area (Å²) in [6.07, 6.45) is 3.43. The lowest BCUT2D eigenvalue weighted by atomic mass is 10.0. The maximum absolute atomic E-state index is 13.5. The lowest BCUT2D eigenvalue weighted by Gasteiger charge is -2.35. The van der Waals surface area contributed by atoms with E-state index >= 15 is 0 Å². The van der Waals surface area contributed by atoms with Crippen molar-refractivity contribution in [2.45, 2.75) is 13.5 Å². The molecule has 0 N–H and O–H groups in total. The number of pyridine rings is 2. The number of rotatable bonds is 5. The number of anilines is 1. The summed E-state index contributed by atoms with van der Waals surface area (Å²) in [5.74, 6) is 1.76. The average Bonchev–Trinajstić information content (AvgIpc) is 2.83. The number of aromatic nitrogens is 2. The van der Waals surface area contributed by atoms with E-state index in [1.54, 1.807) is 29.1 Å². The zero-order chi connectivity index (χ0) is 22.0. The zero-order valence-electron chi connectivity index (χ0n) is 18.0. The first-order chi connectivity index (χ1) is 15.1. The Morgan fingerprint density at radius 2 is 1.71 bits per heavy atom. The number of hydrogen-bond donors (Lipinski definition) is 0. The molecule has 0 bridgehead atoms. The molecule has 1 amide bonds. The molecule has 1 aliphatic heterocycles. The van der Waals surface area contributed by atoms with Crippen LogP contribution in [-0.4, -0.2) is 60.8 Å². The second-order valence-corrected chi connectivity index (χ2v) is 7.35. The fourth-order valence-electron chi connectivity index (χ4n) is 3.97. The highest BCUT2D eigenvalue weighted by Crippen LogP contribution is 2.32. The highest BCUT2D eigenvalue weighted by Gasteiger charge is 2.26. The van der Waals surface area contributed by atoms with Gasteiger partial charge in [0, 0.05) is 50.5 Å². The summed E-state index contributed by atoms with van der Waals surface area (Å²) < 4.78 is 12.3. The van der Waals surface area contributed by atoms with Crippen LogP contribution in [0.2, 0.25) is 0 Å². The van der Waals surface area contributed by atoms with E-state index in [2.05, 4.69) is 9.88 Å². The number of ether oxygens (including phenoxy) is 2. The summed E-state index contributed by atoms with van der Waals surface area (Å²) in [4.78, 5) is 34.8. The number of hydrogen-bond acceptors (Lipinski definition) is 6. The molecule has 0 atom stereocenters. The smallest absolute Gasteiger partial charge is 0.258 e. The Balaban J connectivity index is 1.69. The zero-order valence-corrected chi connectivity index (χ0v) is 18.0. The number of benzene rings is 1. The third-order valence-corrected chi connectivity index (χ3v) is 5.70. The van der Waals surface area contributed by atoms with Gasteiger partial charge in [0.05, 0.1) is 25.2 Å². The molecule has 1 fully saturated rings. The molecule has 0 spiro atoms. The molecule has 4 rings (SSSR count). The van der Waals surface area contributed by atoms with Crippen LogP contribution >= 0.6 is 0 Å². The SMILES string of the molecule is CCn1cc(C(=O)N2CCN(c3ccccn3)CC2)c2cc(OC)c(OC)cc2c1=O. The third kappa shape index (κ3) is 3.81. The number of nitrogens with zero attached hydrogens (tertiary/aromatic N) is 4. The Kier molecular flexibility index (Phi) is 5.79. The molecule has 0 unspecified atom stereocenters. The maximum atomic E-state index is 13.5. The van der Waals surface area contributed by atoms with Crippen LogP contribution in [0.15, 0.2) is 47.5 Å². The molecule has 8 heteroatoms. The normalized spacial score (nSPS) is 14.0. The van der Waals surface area contributed by atoms with Crippen molar-refractivity contribution in [3.8, 4) is 11.5 Å². The summed E-state index contributed by atoms with van der Waals surface area (Å²) in [6, 6.07) is 9.19. The summed E-state index contributed by atoms with van der Waals surface area (Å²) in [5, 5.41) is 1.02. The van der Waals surface area contributed by atoms with E-state index in [1.165, 1.54) is 14.2 Å². The van der Waals surface area contributed by atoms with Gasteiger partial charge in [-0.05, 0) is 31.2 Å². The Morgan fingerprint density at radius 3 is 2.29 bits per heavy atom. The van der Waals surface area contributed by atoms with Gasteiger partial charge in [0.25, 0.3) is 11.5 Å². The minimum Gasteiger partial charge on any atom is -0.493 e. The van der Waals surface area contributed by atoms with Crippen LogP contribution in [0.1, 0.15) is 17.3 Å². The van der Waals surface area contributed by atoms with Crippen molar-refractivity contribution in [1.82, 2.24) is 14.5 Å². The van der Waals surface area contributed by atoms with Crippen molar-refractivity contribution in [3.63, 3.8) is 0 Å². The molecule has 3 heterocycles. The molecule has 3 aromatic rings. The first-order valence-electron chi connectivity index (χ1n) is 10.3. The average molecular weight is 422 g/mol. The highest BCUT2D eigenvalue weighted by molar-refractivity contribution is 6.07. The van der Waals surface area contributed by atoms with Gasteiger partial charge in [0.1, 0.15) is 5.82 Å². The molecule has 8 nitrogen and oxygen atoms in total. The lowest BCUT2D eigenvalue weighted by molar-refractivity contribution is 0.0747. The van der Waals surface area contributed by atoms with E-state index in [1.807, 2.05) is 30.0 Å². The van der Waals surface area contributed by atoms with E-state index in [9.17, 15) is 9.59 Å². The predicted molar refractivity (Wildman–Crippen MR) is 119 cm³/mol. The molecular formula is C23H26N4O4. The van der Waals surface area contributed by atoms with Crippen LogP contribution in [0.4, 0.5) is 5.82 Å². The Hall–Kier alpha value is -3.55. The van der Waals surface area contributed by atoms with Gasteiger partial charge in [-0.3, -0.25) is 9.59 Å². The van der Waals surface area contributed by atoms with Gasteiger partial charge in [-0.2, -0.15) is 0 Å². The number of piperazine rings is 1. The van der Waals surface area contributed by atoms with Crippen LogP contribution in [0.25, 0.3) is 10.8 Å². The minimum atomic E-state index is -0.157. The number of carbonyl (C=O) groups excluding carboxylic acids is 1. The molecule has 31 heavy (non-hydrogen) atoms. The van der Waals surface area contributed by atoms with Gasteiger partial charge in [-0.15, -0.1) is 0 Å². The van der Waals surface area contributed by atoms with Gasteiger partial charge in [0.2, 0.25) is 0 Å². The van der Waals surface area contributed by atoms with Crippen LogP contribution in [0.3, 0.4) is 0 Å². The third-order valence-electron chi connectivity index (χ3n) is 5.70. The molecular weight excluding hydrogens is 396 g/mol. The predicted octanol–water partition coefficient (Wildman–Crippen LogP) is 2.40.